The number of esters is 1. The zero-order chi connectivity index (χ0) is 20.3. The summed E-state index contributed by atoms with van der Waals surface area (Å²) in [7, 11) is -2.44. The fourth-order valence-electron chi connectivity index (χ4n) is 2.42. The van der Waals surface area contributed by atoms with Gasteiger partial charge in [0, 0.05) is 5.56 Å². The molecule has 0 radical (unpaired) electrons. The largest absolute Gasteiger partial charge is 0.455 e. The number of ether oxygens (including phenoxy) is 1. The molecule has 1 heterocycles. The summed E-state index contributed by atoms with van der Waals surface area (Å²) in [5.41, 5.74) is 1.21. The number of aryl methyl sites for hydroxylation is 1. The Hall–Kier alpha value is -2.68. The molecule has 0 aliphatic rings. The second-order valence-corrected chi connectivity index (χ2v) is 8.11. The Bertz CT molecular complexity index is 1110. The minimum absolute atomic E-state index is 0.0533. The van der Waals surface area contributed by atoms with E-state index in [2.05, 4.69) is 9.71 Å². The van der Waals surface area contributed by atoms with Crippen LogP contribution in [0, 0.1) is 6.92 Å². The van der Waals surface area contributed by atoms with Gasteiger partial charge in [0.2, 0.25) is 15.9 Å². The lowest BCUT2D eigenvalue weighted by Crippen LogP contribution is -2.19. The molecule has 0 aliphatic carbocycles. The quantitative estimate of drug-likeness (QED) is 0.612. The highest BCUT2D eigenvalue weighted by Gasteiger charge is 2.20. The Morgan fingerprint density at radius 3 is 2.61 bits per heavy atom. The van der Waals surface area contributed by atoms with E-state index in [0.29, 0.717) is 17.3 Å². The summed E-state index contributed by atoms with van der Waals surface area (Å²) in [6, 6.07) is 13.1. The summed E-state index contributed by atoms with van der Waals surface area (Å²) < 4.78 is 36.9. The molecule has 28 heavy (non-hydrogen) atoms. The van der Waals surface area contributed by atoms with Crippen LogP contribution in [0.25, 0.3) is 11.5 Å². The first-order valence-electron chi connectivity index (χ1n) is 8.24. The minimum atomic E-state index is -3.72. The second kappa shape index (κ2) is 8.14. The standard InChI is InChI=1S/C19H17ClN2O5S/c1-12-17(22-18(27-12)13-6-4-3-5-7-13)11-26-19(23)15-10-14(8-9-16(15)20)28(24,25)21-2/h3-10,21H,11H2,1-2H3. The molecule has 146 valence electrons. The third-order valence-electron chi connectivity index (χ3n) is 3.99. The van der Waals surface area contributed by atoms with Gasteiger partial charge in [0.25, 0.3) is 0 Å². The second-order valence-electron chi connectivity index (χ2n) is 5.81. The molecule has 0 bridgehead atoms. The van der Waals surface area contributed by atoms with Gasteiger partial charge in [-0.15, -0.1) is 0 Å². The molecule has 9 heteroatoms. The van der Waals surface area contributed by atoms with E-state index in [4.69, 9.17) is 20.8 Å². The molecule has 2 aromatic carbocycles. The molecule has 7 nitrogen and oxygen atoms in total. The first-order chi connectivity index (χ1) is 13.3. The number of halogens is 1. The summed E-state index contributed by atoms with van der Waals surface area (Å²) in [5.74, 6) is 0.176. The number of sulfonamides is 1. The molecule has 0 saturated carbocycles. The number of oxazole rings is 1. The number of aromatic nitrogens is 1. The lowest BCUT2D eigenvalue weighted by molar-refractivity contribution is 0.0467. The lowest BCUT2D eigenvalue weighted by Gasteiger charge is -2.08. The zero-order valence-electron chi connectivity index (χ0n) is 15.1. The van der Waals surface area contributed by atoms with E-state index in [-0.39, 0.29) is 22.1 Å². The van der Waals surface area contributed by atoms with E-state index in [9.17, 15) is 13.2 Å². The Morgan fingerprint density at radius 1 is 1.21 bits per heavy atom. The molecule has 1 N–H and O–H groups in total. The van der Waals surface area contributed by atoms with E-state index >= 15 is 0 Å². The number of hydrogen-bond acceptors (Lipinski definition) is 6. The molecule has 3 rings (SSSR count). The van der Waals surface area contributed by atoms with E-state index < -0.39 is 16.0 Å². The van der Waals surface area contributed by atoms with Crippen LogP contribution in [0.15, 0.2) is 57.8 Å². The molecular formula is C19H17ClN2O5S. The number of benzene rings is 2. The summed E-state index contributed by atoms with van der Waals surface area (Å²) >= 11 is 6.03. The predicted octanol–water partition coefficient (Wildman–Crippen LogP) is 3.57. The highest BCUT2D eigenvalue weighted by atomic mass is 35.5. The van der Waals surface area contributed by atoms with Crippen LogP contribution in [0.2, 0.25) is 5.02 Å². The number of carbonyl (C=O) groups is 1. The predicted molar refractivity (Wildman–Crippen MR) is 103 cm³/mol. The molecule has 0 amide bonds. The van der Waals surface area contributed by atoms with Crippen molar-refractivity contribution in [3.63, 3.8) is 0 Å². The Morgan fingerprint density at radius 2 is 1.93 bits per heavy atom. The van der Waals surface area contributed by atoms with Gasteiger partial charge in [-0.2, -0.15) is 0 Å². The van der Waals surface area contributed by atoms with Gasteiger partial charge in [0.1, 0.15) is 18.1 Å². The molecule has 0 fully saturated rings. The first kappa shape index (κ1) is 20.1. The van der Waals surface area contributed by atoms with Gasteiger partial charge in [0.15, 0.2) is 0 Å². The minimum Gasteiger partial charge on any atom is -0.455 e. The van der Waals surface area contributed by atoms with Crippen molar-refractivity contribution in [3.05, 3.63) is 70.6 Å². The molecular weight excluding hydrogens is 404 g/mol. The van der Waals surface area contributed by atoms with Crippen LogP contribution >= 0.6 is 11.6 Å². The number of carbonyl (C=O) groups excluding carboxylic acids is 1. The fraction of sp³-hybridized carbons (Fsp3) is 0.158. The summed E-state index contributed by atoms with van der Waals surface area (Å²) in [6.07, 6.45) is 0. The van der Waals surface area contributed by atoms with Crippen LogP contribution in [0.4, 0.5) is 0 Å². The molecule has 0 atom stereocenters. The Balaban J connectivity index is 1.78. The van der Waals surface area contributed by atoms with Crippen molar-refractivity contribution >= 4 is 27.6 Å². The third-order valence-corrected chi connectivity index (χ3v) is 5.73. The average Bonchev–Trinajstić information content (AvgIpc) is 3.07. The van der Waals surface area contributed by atoms with Gasteiger partial charge in [-0.1, -0.05) is 29.8 Å². The van der Waals surface area contributed by atoms with Crippen molar-refractivity contribution in [1.29, 1.82) is 0 Å². The molecule has 3 aromatic rings. The van der Waals surface area contributed by atoms with Crippen LogP contribution in [0.1, 0.15) is 21.8 Å². The molecule has 0 spiro atoms. The van der Waals surface area contributed by atoms with Gasteiger partial charge in [-0.05, 0) is 44.3 Å². The van der Waals surface area contributed by atoms with Gasteiger partial charge in [-0.3, -0.25) is 0 Å². The monoisotopic (exact) mass is 420 g/mol. The van der Waals surface area contributed by atoms with Crippen LogP contribution in [-0.2, 0) is 21.4 Å². The number of rotatable bonds is 6. The van der Waals surface area contributed by atoms with Gasteiger partial charge < -0.3 is 9.15 Å². The summed E-state index contributed by atoms with van der Waals surface area (Å²) in [4.78, 5) is 16.7. The highest BCUT2D eigenvalue weighted by Crippen LogP contribution is 2.24. The van der Waals surface area contributed by atoms with Crippen molar-refractivity contribution in [2.24, 2.45) is 0 Å². The van der Waals surface area contributed by atoms with Crippen LogP contribution < -0.4 is 4.72 Å². The fourth-order valence-corrected chi connectivity index (χ4v) is 3.37. The molecule has 1 aromatic heterocycles. The SMILES string of the molecule is CNS(=O)(=O)c1ccc(Cl)c(C(=O)OCc2nc(-c3ccccc3)oc2C)c1. The van der Waals surface area contributed by atoms with Gasteiger partial charge >= 0.3 is 5.97 Å². The number of hydrogen-bond donors (Lipinski definition) is 1. The van der Waals surface area contributed by atoms with Crippen LogP contribution in [0.5, 0.6) is 0 Å². The van der Waals surface area contributed by atoms with E-state index in [0.717, 1.165) is 5.56 Å². The van der Waals surface area contributed by atoms with Crippen molar-refractivity contribution in [2.45, 2.75) is 18.4 Å². The summed E-state index contributed by atoms with van der Waals surface area (Å²) in [5, 5.41) is 0.0851. The number of nitrogens with one attached hydrogen (secondary N) is 1. The van der Waals surface area contributed by atoms with Crippen molar-refractivity contribution in [3.8, 4) is 11.5 Å². The Labute approximate surface area is 167 Å². The number of nitrogens with zero attached hydrogens (tertiary/aromatic N) is 1. The molecule has 0 aliphatic heterocycles. The smallest absolute Gasteiger partial charge is 0.340 e. The Kier molecular flexibility index (Phi) is 5.83. The maximum Gasteiger partial charge on any atom is 0.340 e. The van der Waals surface area contributed by atoms with Gasteiger partial charge in [0.05, 0.1) is 15.5 Å². The topological polar surface area (TPSA) is 98.5 Å². The zero-order valence-corrected chi connectivity index (χ0v) is 16.7. The van der Waals surface area contributed by atoms with Crippen molar-refractivity contribution < 1.29 is 22.4 Å². The van der Waals surface area contributed by atoms with Gasteiger partial charge in [-0.25, -0.2) is 22.9 Å². The lowest BCUT2D eigenvalue weighted by atomic mass is 10.2. The van der Waals surface area contributed by atoms with Crippen LogP contribution in [-0.4, -0.2) is 26.4 Å². The van der Waals surface area contributed by atoms with E-state index in [1.807, 2.05) is 30.3 Å². The first-order valence-corrected chi connectivity index (χ1v) is 10.1. The maximum absolute atomic E-state index is 12.4. The maximum atomic E-state index is 12.4. The molecule has 0 unspecified atom stereocenters. The molecule has 0 saturated heterocycles. The summed E-state index contributed by atoms with van der Waals surface area (Å²) in [6.45, 7) is 1.58. The van der Waals surface area contributed by atoms with E-state index in [1.165, 1.54) is 25.2 Å². The highest BCUT2D eigenvalue weighted by molar-refractivity contribution is 7.89. The normalized spacial score (nSPS) is 11.4. The average molecular weight is 421 g/mol. The van der Waals surface area contributed by atoms with Crippen molar-refractivity contribution in [1.82, 2.24) is 9.71 Å². The third kappa shape index (κ3) is 4.24. The van der Waals surface area contributed by atoms with Crippen molar-refractivity contribution in [2.75, 3.05) is 7.05 Å². The van der Waals surface area contributed by atoms with E-state index in [1.54, 1.807) is 6.92 Å². The van der Waals surface area contributed by atoms with Crippen LogP contribution in [0.3, 0.4) is 0 Å².